The molecule has 30 heavy (non-hydrogen) atoms. The van der Waals surface area contributed by atoms with Crippen LogP contribution in [0.4, 0.5) is 13.2 Å². The molecule has 0 aliphatic rings. The van der Waals surface area contributed by atoms with E-state index in [1.54, 1.807) is 20.2 Å². The lowest BCUT2D eigenvalue weighted by Gasteiger charge is -2.15. The van der Waals surface area contributed by atoms with Crippen LogP contribution in [0.2, 0.25) is 0 Å². The monoisotopic (exact) mass is 544 g/mol. The largest absolute Gasteiger partial charge is 0.416 e. The van der Waals surface area contributed by atoms with Crippen LogP contribution in [-0.2, 0) is 22.3 Å². The summed E-state index contributed by atoms with van der Waals surface area (Å²) in [5, 5.41) is 6.00. The normalized spacial score (nSPS) is 11.6. The van der Waals surface area contributed by atoms with E-state index in [2.05, 4.69) is 22.5 Å². The molecular formula is C20H32F3IN4O2. The van der Waals surface area contributed by atoms with Gasteiger partial charge in [-0.3, -0.25) is 4.79 Å². The first-order valence-corrected chi connectivity index (χ1v) is 9.70. The summed E-state index contributed by atoms with van der Waals surface area (Å²) >= 11 is 0. The summed E-state index contributed by atoms with van der Waals surface area (Å²) in [4.78, 5) is 17.5. The molecule has 6 nitrogen and oxygen atoms in total. The molecule has 0 heterocycles. The van der Waals surface area contributed by atoms with Gasteiger partial charge in [0.1, 0.15) is 0 Å². The lowest BCUT2D eigenvalue weighted by atomic mass is 10.1. The van der Waals surface area contributed by atoms with Crippen LogP contribution in [0.1, 0.15) is 37.3 Å². The van der Waals surface area contributed by atoms with Crippen molar-refractivity contribution in [3.05, 3.63) is 35.4 Å². The minimum atomic E-state index is -4.39. The molecule has 0 aromatic heterocycles. The average Bonchev–Trinajstić information content (AvgIpc) is 2.67. The van der Waals surface area contributed by atoms with Crippen LogP contribution in [-0.4, -0.2) is 57.2 Å². The molecule has 1 aromatic carbocycles. The maximum Gasteiger partial charge on any atom is 0.416 e. The van der Waals surface area contributed by atoms with Gasteiger partial charge in [-0.2, -0.15) is 13.2 Å². The molecule has 0 unspecified atom stereocenters. The molecule has 1 amide bonds. The lowest BCUT2D eigenvalue weighted by Crippen LogP contribution is -2.43. The Hall–Kier alpha value is -1.56. The Bertz CT molecular complexity index is 655. The Kier molecular flexibility index (Phi) is 14.5. The molecule has 0 aliphatic heterocycles. The van der Waals surface area contributed by atoms with Crippen LogP contribution in [0.15, 0.2) is 29.3 Å². The topological polar surface area (TPSA) is 66.0 Å². The quantitative estimate of drug-likeness (QED) is 0.193. The highest BCUT2D eigenvalue weighted by Gasteiger charge is 2.30. The van der Waals surface area contributed by atoms with Crippen molar-refractivity contribution in [3.8, 4) is 0 Å². The number of guanidine groups is 1. The summed E-state index contributed by atoms with van der Waals surface area (Å²) < 4.78 is 44.1. The van der Waals surface area contributed by atoms with E-state index in [-0.39, 0.29) is 43.0 Å². The number of rotatable bonds is 11. The zero-order valence-electron chi connectivity index (χ0n) is 17.7. The van der Waals surface area contributed by atoms with E-state index in [1.165, 1.54) is 11.0 Å². The molecule has 0 saturated carbocycles. The van der Waals surface area contributed by atoms with Crippen molar-refractivity contribution in [2.24, 2.45) is 4.99 Å². The van der Waals surface area contributed by atoms with E-state index in [1.807, 2.05) is 0 Å². The third-order valence-electron chi connectivity index (χ3n) is 3.98. The van der Waals surface area contributed by atoms with Gasteiger partial charge in [0.15, 0.2) is 5.96 Å². The van der Waals surface area contributed by atoms with Crippen molar-refractivity contribution in [3.63, 3.8) is 0 Å². The maximum absolute atomic E-state index is 12.9. The van der Waals surface area contributed by atoms with Crippen LogP contribution in [0, 0.1) is 0 Å². The standard InChI is InChI=1S/C20H31F3N4O2.HI/c1-4-5-11-29-12-7-10-24-19(26-15-18(28)27(2)3)25-14-16-8-6-9-17(13-16)20(21,22)23;/h6,8-9,13H,4-5,7,10-12,14-15H2,1-3H3,(H2,24,25,26);1H. The van der Waals surface area contributed by atoms with E-state index in [0.717, 1.165) is 38.0 Å². The number of hydrogen-bond donors (Lipinski definition) is 2. The van der Waals surface area contributed by atoms with Crippen LogP contribution in [0.3, 0.4) is 0 Å². The van der Waals surface area contributed by atoms with Gasteiger partial charge in [-0.15, -0.1) is 24.0 Å². The van der Waals surface area contributed by atoms with Crippen molar-refractivity contribution in [2.75, 3.05) is 40.4 Å². The van der Waals surface area contributed by atoms with E-state index in [9.17, 15) is 18.0 Å². The molecule has 172 valence electrons. The minimum Gasteiger partial charge on any atom is -0.381 e. The number of hydrogen-bond acceptors (Lipinski definition) is 3. The first-order valence-electron chi connectivity index (χ1n) is 9.70. The first-order chi connectivity index (χ1) is 13.7. The number of carbonyl (C=O) groups excluding carboxylic acids is 1. The zero-order chi connectivity index (χ0) is 21.7. The molecule has 0 spiro atoms. The van der Waals surface area contributed by atoms with Gasteiger partial charge in [0, 0.05) is 33.9 Å². The predicted molar refractivity (Wildman–Crippen MR) is 123 cm³/mol. The van der Waals surface area contributed by atoms with Crippen LogP contribution in [0.5, 0.6) is 0 Å². The van der Waals surface area contributed by atoms with Gasteiger partial charge in [-0.05, 0) is 30.5 Å². The number of nitrogens with one attached hydrogen (secondary N) is 2. The second-order valence-electron chi connectivity index (χ2n) is 6.75. The van der Waals surface area contributed by atoms with Gasteiger partial charge in [-0.25, -0.2) is 4.99 Å². The molecule has 10 heteroatoms. The SMILES string of the molecule is CCCCOCCCNC(=NCc1cccc(C(F)(F)F)c1)NCC(=O)N(C)C.I. The Balaban J connectivity index is 0.00000841. The van der Waals surface area contributed by atoms with Crippen LogP contribution >= 0.6 is 24.0 Å². The third-order valence-corrected chi connectivity index (χ3v) is 3.98. The van der Waals surface area contributed by atoms with Crippen molar-refractivity contribution < 1.29 is 22.7 Å². The molecular weight excluding hydrogens is 512 g/mol. The lowest BCUT2D eigenvalue weighted by molar-refractivity contribution is -0.137. The zero-order valence-corrected chi connectivity index (χ0v) is 20.0. The molecule has 0 saturated heterocycles. The molecule has 0 fully saturated rings. The van der Waals surface area contributed by atoms with Gasteiger partial charge < -0.3 is 20.3 Å². The van der Waals surface area contributed by atoms with E-state index in [4.69, 9.17) is 4.74 Å². The fraction of sp³-hybridized carbons (Fsp3) is 0.600. The predicted octanol–water partition coefficient (Wildman–Crippen LogP) is 3.65. The summed E-state index contributed by atoms with van der Waals surface area (Å²) in [5.74, 6) is 0.229. The third kappa shape index (κ3) is 12.2. The Morgan fingerprint density at radius 1 is 1.17 bits per heavy atom. The Morgan fingerprint density at radius 3 is 2.50 bits per heavy atom. The van der Waals surface area contributed by atoms with Crippen LogP contribution < -0.4 is 10.6 Å². The second kappa shape index (κ2) is 15.3. The molecule has 1 aromatic rings. The van der Waals surface area contributed by atoms with E-state index >= 15 is 0 Å². The van der Waals surface area contributed by atoms with Gasteiger partial charge in [0.05, 0.1) is 18.7 Å². The van der Waals surface area contributed by atoms with Gasteiger partial charge in [0.25, 0.3) is 0 Å². The van der Waals surface area contributed by atoms with E-state index < -0.39 is 11.7 Å². The van der Waals surface area contributed by atoms with Gasteiger partial charge >= 0.3 is 6.18 Å². The molecule has 2 N–H and O–H groups in total. The number of benzene rings is 1. The number of unbranched alkanes of at least 4 members (excludes halogenated alkanes) is 1. The number of halogens is 4. The van der Waals surface area contributed by atoms with Gasteiger partial charge in [0.2, 0.25) is 5.91 Å². The number of carbonyl (C=O) groups is 1. The van der Waals surface area contributed by atoms with Crippen molar-refractivity contribution in [1.82, 2.24) is 15.5 Å². The molecule has 1 rings (SSSR count). The Labute approximate surface area is 193 Å². The number of likely N-dealkylation sites (N-methyl/N-ethyl adjacent to an activating group) is 1. The number of aliphatic imine (C=N–C) groups is 1. The Morgan fingerprint density at radius 2 is 1.87 bits per heavy atom. The maximum atomic E-state index is 12.9. The molecule has 0 radical (unpaired) electrons. The number of nitrogens with zero attached hydrogens (tertiary/aromatic N) is 2. The van der Waals surface area contributed by atoms with Crippen molar-refractivity contribution in [1.29, 1.82) is 0 Å². The second-order valence-corrected chi connectivity index (χ2v) is 6.75. The molecule has 0 aliphatic carbocycles. The summed E-state index contributed by atoms with van der Waals surface area (Å²) in [6, 6.07) is 5.05. The molecule has 0 atom stereocenters. The summed E-state index contributed by atoms with van der Waals surface area (Å²) in [7, 11) is 3.29. The molecule has 0 bridgehead atoms. The summed E-state index contributed by atoms with van der Waals surface area (Å²) in [5.41, 5.74) is -0.276. The minimum absolute atomic E-state index is 0. The fourth-order valence-electron chi connectivity index (χ4n) is 2.24. The first kappa shape index (κ1) is 28.4. The summed E-state index contributed by atoms with van der Waals surface area (Å²) in [6.45, 7) is 4.08. The van der Waals surface area contributed by atoms with Crippen molar-refractivity contribution >= 4 is 35.8 Å². The van der Waals surface area contributed by atoms with E-state index in [0.29, 0.717) is 24.7 Å². The highest BCUT2D eigenvalue weighted by atomic mass is 127. The van der Waals surface area contributed by atoms with Crippen LogP contribution in [0.25, 0.3) is 0 Å². The number of ether oxygens (including phenoxy) is 1. The fourth-order valence-corrected chi connectivity index (χ4v) is 2.24. The smallest absolute Gasteiger partial charge is 0.381 e. The van der Waals surface area contributed by atoms with Crippen molar-refractivity contribution in [2.45, 2.75) is 38.9 Å². The summed E-state index contributed by atoms with van der Waals surface area (Å²) in [6.07, 6.45) is -1.55. The number of alkyl halides is 3. The average molecular weight is 544 g/mol. The highest BCUT2D eigenvalue weighted by molar-refractivity contribution is 14.0. The van der Waals surface area contributed by atoms with Gasteiger partial charge in [-0.1, -0.05) is 25.5 Å². The highest BCUT2D eigenvalue weighted by Crippen LogP contribution is 2.29. The number of amides is 1.